The second-order valence-electron chi connectivity index (χ2n) is 30.4. The number of thiophene rings is 4. The van der Waals surface area contributed by atoms with Crippen molar-refractivity contribution in [1.82, 2.24) is 0 Å². The normalized spacial score (nSPS) is 11.0. The minimum atomic E-state index is -1.34. The van der Waals surface area contributed by atoms with E-state index in [9.17, 15) is 0 Å². The second-order valence-corrected chi connectivity index (χ2v) is 37.4. The molecule has 0 atom stereocenters. The molecule has 0 aliphatic carbocycles. The van der Waals surface area contributed by atoms with E-state index in [1.807, 2.05) is 112 Å². The fourth-order valence-electron chi connectivity index (χ4n) is 15.5. The zero-order valence-corrected chi connectivity index (χ0v) is 76.1. The summed E-state index contributed by atoms with van der Waals surface area (Å²) in [6, 6.07) is 155. The van der Waals surface area contributed by atoms with Gasteiger partial charge in [-0.05, 0) is 264 Å². The van der Waals surface area contributed by atoms with Gasteiger partial charge >= 0.3 is 7.12 Å². The van der Waals surface area contributed by atoms with Gasteiger partial charge < -0.3 is 15.4 Å². The maximum Gasteiger partial charge on any atom is 0.488 e. The fraction of sp³-hybridized carbons (Fsp3) is 0. The third-order valence-corrected chi connectivity index (χ3v) is 28.1. The number of fused-ring (bicyclic) bond motifs is 12. The lowest BCUT2D eigenvalue weighted by Gasteiger charge is -2.09. The average molecular weight is 1850 g/mol. The second kappa shape index (κ2) is 40.0. The van der Waals surface area contributed by atoms with Crippen LogP contribution in [0.1, 0.15) is 0 Å². The molecule has 612 valence electrons. The van der Waals surface area contributed by atoms with Crippen molar-refractivity contribution >= 4 is 212 Å². The van der Waals surface area contributed by atoms with Crippen LogP contribution in [0.25, 0.3) is 170 Å². The molecule has 0 fully saturated rings. The molecule has 0 spiro atoms. The van der Waals surface area contributed by atoms with E-state index in [4.69, 9.17) is 56.5 Å². The molecule has 13 heteroatoms. The first-order chi connectivity index (χ1) is 62.3. The lowest BCUT2D eigenvalue weighted by atomic mass is 9.81. The highest BCUT2D eigenvalue weighted by molar-refractivity contribution is 9.10. The summed E-state index contributed by atoms with van der Waals surface area (Å²) in [6.45, 7) is 0. The van der Waals surface area contributed by atoms with Crippen molar-refractivity contribution < 1.29 is 10.0 Å². The summed E-state index contributed by atoms with van der Waals surface area (Å²) in [7, 11) is -1.34. The molecule has 19 aromatic carbocycles. The summed E-state index contributed by atoms with van der Waals surface area (Å²) in [5, 5.41) is 34.3. The molecule has 3 N–H and O–H groups in total. The number of hydrogen-bond acceptors (Lipinski definition) is 7. The molecule has 4 heterocycles. The minimum Gasteiger partial charge on any atom is -0.423 e. The highest BCUT2D eigenvalue weighted by atomic mass is 79.9. The van der Waals surface area contributed by atoms with Crippen molar-refractivity contribution in [2.75, 3.05) is 5.32 Å². The van der Waals surface area contributed by atoms with Crippen LogP contribution in [0.5, 0.6) is 0 Å². The molecule has 23 rings (SSSR count). The summed E-state index contributed by atoms with van der Waals surface area (Å²) in [6.07, 6.45) is 0. The number of hydrogen-bond donors (Lipinski definition) is 3. The van der Waals surface area contributed by atoms with Gasteiger partial charge in [0.25, 0.3) is 0 Å². The molecule has 4 aromatic heterocycles. The summed E-state index contributed by atoms with van der Waals surface area (Å²) >= 11 is 34.9. The number of anilines is 2. The molecule has 0 bridgehead atoms. The molecule has 0 aliphatic rings. The Morgan fingerprint density at radius 1 is 0.189 bits per heavy atom. The number of halogens is 5. The van der Waals surface area contributed by atoms with E-state index in [1.54, 1.807) is 24.3 Å². The van der Waals surface area contributed by atoms with Crippen LogP contribution in [0.2, 0.25) is 20.1 Å². The fourth-order valence-corrected chi connectivity index (χ4v) is 20.6. The van der Waals surface area contributed by atoms with E-state index in [2.05, 4.69) is 379 Å². The Hall–Kier alpha value is -12.5. The molecule has 0 amide bonds. The van der Waals surface area contributed by atoms with Gasteiger partial charge in [-0.1, -0.05) is 341 Å². The molecular weight excluding hydrogens is 1780 g/mol. The Morgan fingerprint density at radius 3 is 0.661 bits per heavy atom. The van der Waals surface area contributed by atoms with Crippen LogP contribution in [0.3, 0.4) is 0 Å². The van der Waals surface area contributed by atoms with Gasteiger partial charge in [-0.2, -0.15) is 0 Å². The number of nitrogens with one attached hydrogen (secondary N) is 1. The Morgan fingerprint density at radius 2 is 0.386 bits per heavy atom. The standard InChI is InChI=1S/2C24H15ClS.C24H19N.C18H10BrClS.C18H11ClS.C6H7BO2/c2*25-20-10-6-17(7-11-20)19-9-13-24-22(15-19)21-14-18(8-12-23(21)26-24)16-4-2-1-3-5-16;1-3-7-19(8-4-1)21-11-15-23(16-12-21)25-24-17-13-22(14-18-24)20-9-5-2-6-10-20;19-13-4-8-18-16(10-13)15-9-12(3-7-17(15)21-18)11-1-5-14(20)6-2-11;19-14-8-5-12(6-9-14)13-7-10-18-16(11-13)15-3-1-2-4-17(15)20-18;8-7(9)6-4-2-1-3-5-6/h2*1-15H;1-18,25H;1-10H;1-11H;1-5,8-9H. The molecule has 127 heavy (non-hydrogen) atoms. The summed E-state index contributed by atoms with van der Waals surface area (Å²) in [4.78, 5) is 0. The first-order valence-corrected chi connectivity index (χ1v) is 46.9. The maximum atomic E-state index is 8.58. The highest BCUT2D eigenvalue weighted by Gasteiger charge is 2.15. The summed E-state index contributed by atoms with van der Waals surface area (Å²) in [5.74, 6) is 0. The van der Waals surface area contributed by atoms with Crippen LogP contribution >= 0.6 is 108 Å². The smallest absolute Gasteiger partial charge is 0.423 e. The zero-order chi connectivity index (χ0) is 86.5. The predicted molar refractivity (Wildman–Crippen MR) is 561 cm³/mol. The lowest BCUT2D eigenvalue weighted by Crippen LogP contribution is -2.29. The van der Waals surface area contributed by atoms with Gasteiger partial charge in [-0.25, -0.2) is 0 Å². The van der Waals surface area contributed by atoms with E-state index in [0.29, 0.717) is 5.46 Å². The summed E-state index contributed by atoms with van der Waals surface area (Å²) < 4.78 is 11.7. The predicted octanol–water partition coefficient (Wildman–Crippen LogP) is 35.7. The largest absolute Gasteiger partial charge is 0.488 e. The first kappa shape index (κ1) is 85.3. The van der Waals surface area contributed by atoms with E-state index >= 15 is 0 Å². The van der Waals surface area contributed by atoms with Crippen LogP contribution in [-0.4, -0.2) is 17.2 Å². The number of benzene rings is 19. The average Bonchev–Trinajstić information content (AvgIpc) is 1.67. The Kier molecular flexibility index (Phi) is 26.9. The van der Waals surface area contributed by atoms with Crippen LogP contribution in [0.15, 0.2) is 453 Å². The molecule has 0 radical (unpaired) electrons. The van der Waals surface area contributed by atoms with E-state index in [1.165, 1.54) is 170 Å². The van der Waals surface area contributed by atoms with Crippen LogP contribution in [0.4, 0.5) is 11.4 Å². The molecule has 3 nitrogen and oxygen atoms in total. The zero-order valence-electron chi connectivity index (χ0n) is 68.2. The molecule has 0 unspecified atom stereocenters. The molecule has 23 aromatic rings. The van der Waals surface area contributed by atoms with Gasteiger partial charge in [-0.3, -0.25) is 0 Å². The van der Waals surface area contributed by atoms with Crippen LogP contribution < -0.4 is 10.8 Å². The van der Waals surface area contributed by atoms with Crippen molar-refractivity contribution in [2.24, 2.45) is 0 Å². The van der Waals surface area contributed by atoms with Crippen molar-refractivity contribution in [3.8, 4) is 89.0 Å². The SMILES string of the molecule is Clc1ccc(-c2ccc3sc4ccc(-c5ccccc5)cc4c3c2)cc1.Clc1ccc(-c2ccc3sc4ccc(-c5ccccc5)cc4c3c2)cc1.Clc1ccc(-c2ccc3sc4ccc(Br)cc4c3c2)cc1.Clc1ccc(-c2ccc3sc4ccccc4c3c2)cc1.OB(O)c1ccccc1.c1ccc(-c2ccc(Nc3ccc(-c4ccccc4)cc3)cc2)cc1. The number of rotatable bonds is 11. The third-order valence-electron chi connectivity index (χ3n) is 22.0. The van der Waals surface area contributed by atoms with Gasteiger partial charge in [0, 0.05) is 117 Å². The third kappa shape index (κ3) is 20.6. The Labute approximate surface area is 782 Å². The van der Waals surface area contributed by atoms with Crippen molar-refractivity contribution in [2.45, 2.75) is 0 Å². The van der Waals surface area contributed by atoms with Gasteiger partial charge in [0.05, 0.1) is 0 Å². The van der Waals surface area contributed by atoms with Crippen LogP contribution in [-0.2, 0) is 0 Å². The van der Waals surface area contributed by atoms with Gasteiger partial charge in [0.2, 0.25) is 0 Å². The van der Waals surface area contributed by atoms with E-state index < -0.39 is 7.12 Å². The Balaban J connectivity index is 0.000000105. The topological polar surface area (TPSA) is 52.5 Å². The monoisotopic (exact) mass is 1850 g/mol. The first-order valence-electron chi connectivity index (χ1n) is 41.4. The molecule has 0 saturated heterocycles. The van der Waals surface area contributed by atoms with Gasteiger partial charge in [0.1, 0.15) is 0 Å². The van der Waals surface area contributed by atoms with E-state index in [0.717, 1.165) is 35.9 Å². The Bertz CT molecular complexity index is 7420. The lowest BCUT2D eigenvalue weighted by molar-refractivity contribution is 0.426. The van der Waals surface area contributed by atoms with Crippen molar-refractivity contribution in [3.05, 3.63) is 473 Å². The molecule has 0 aliphatic heterocycles. The molecular formula is C114H77BBrCl4NO2S4. The van der Waals surface area contributed by atoms with Gasteiger partial charge in [0.15, 0.2) is 0 Å². The van der Waals surface area contributed by atoms with Crippen molar-refractivity contribution in [3.63, 3.8) is 0 Å². The summed E-state index contributed by atoms with van der Waals surface area (Å²) in [5.41, 5.74) is 22.3. The minimum absolute atomic E-state index is 0.525. The quantitative estimate of drug-likeness (QED) is 0.113. The van der Waals surface area contributed by atoms with Gasteiger partial charge in [-0.15, -0.1) is 45.3 Å². The van der Waals surface area contributed by atoms with Crippen LogP contribution in [0, 0.1) is 0 Å². The van der Waals surface area contributed by atoms with E-state index in [-0.39, 0.29) is 0 Å². The highest BCUT2D eigenvalue weighted by Crippen LogP contribution is 2.44. The maximum absolute atomic E-state index is 8.58. The molecule has 0 saturated carbocycles. The van der Waals surface area contributed by atoms with Crippen molar-refractivity contribution in [1.29, 1.82) is 0 Å².